The Bertz CT molecular complexity index is 1080. The minimum absolute atomic E-state index is 0.0351. The van der Waals surface area contributed by atoms with Gasteiger partial charge in [-0.1, -0.05) is 29.0 Å². The Morgan fingerprint density at radius 2 is 1.75 bits per heavy atom. The Morgan fingerprint density at radius 3 is 2.36 bits per heavy atom. The number of halogens is 1. The van der Waals surface area contributed by atoms with Crippen LogP contribution >= 0.6 is 11.3 Å². The molecule has 1 amide bonds. The summed E-state index contributed by atoms with van der Waals surface area (Å²) in [5, 5.41) is 9.98. The lowest BCUT2D eigenvalue weighted by molar-refractivity contribution is 0.102. The van der Waals surface area contributed by atoms with E-state index in [4.69, 9.17) is 0 Å². The Labute approximate surface area is 165 Å². The topological polar surface area (TPSA) is 92.3 Å². The van der Waals surface area contributed by atoms with Gasteiger partial charge in [0.1, 0.15) is 5.82 Å². The molecule has 1 heterocycles. The monoisotopic (exact) mass is 420 g/mol. The van der Waals surface area contributed by atoms with E-state index in [1.54, 1.807) is 19.1 Å². The average molecular weight is 420 g/mol. The lowest BCUT2D eigenvalue weighted by Gasteiger charge is -2.21. The molecule has 10 heteroatoms. The molecule has 0 unspecified atom stereocenters. The molecule has 0 aliphatic carbocycles. The zero-order valence-electron chi connectivity index (χ0n) is 15.1. The van der Waals surface area contributed by atoms with Gasteiger partial charge in [-0.25, -0.2) is 4.39 Å². The van der Waals surface area contributed by atoms with Crippen LogP contribution in [0.15, 0.2) is 52.9 Å². The first-order valence-corrected chi connectivity index (χ1v) is 10.6. The molecular weight excluding hydrogens is 403 g/mol. The quantitative estimate of drug-likeness (QED) is 0.617. The maximum atomic E-state index is 13.0. The summed E-state index contributed by atoms with van der Waals surface area (Å²) in [6.45, 7) is 3.84. The average Bonchev–Trinajstić information content (AvgIpc) is 3.13. The van der Waals surface area contributed by atoms with E-state index in [1.165, 1.54) is 16.4 Å². The minimum atomic E-state index is -3.92. The van der Waals surface area contributed by atoms with Gasteiger partial charge >= 0.3 is 0 Å². The highest BCUT2D eigenvalue weighted by atomic mass is 32.2. The summed E-state index contributed by atoms with van der Waals surface area (Å²) in [7, 11) is -3.92. The van der Waals surface area contributed by atoms with Crippen molar-refractivity contribution in [3.8, 4) is 0 Å². The van der Waals surface area contributed by atoms with E-state index in [0.29, 0.717) is 5.69 Å². The summed E-state index contributed by atoms with van der Waals surface area (Å²) in [4.78, 5) is 12.2. The second-order valence-electron chi connectivity index (χ2n) is 5.84. The molecule has 0 bridgehead atoms. The molecule has 146 valence electrons. The van der Waals surface area contributed by atoms with Crippen molar-refractivity contribution in [1.82, 2.24) is 10.2 Å². The molecular formula is C18H17FN4O3S2. The van der Waals surface area contributed by atoms with Gasteiger partial charge in [0.15, 0.2) is 0 Å². The van der Waals surface area contributed by atoms with Gasteiger partial charge in [-0.2, -0.15) is 8.42 Å². The number of amides is 1. The second kappa shape index (κ2) is 8.03. The standard InChI is InChI=1S/C18H17FN4O3S2/c1-3-23(15-10-4-12(2)5-11-15)28(25,26)18-22-21-17(27-18)20-16(24)13-6-8-14(19)9-7-13/h4-11H,3H2,1-2H3,(H,20,21,24). The van der Waals surface area contributed by atoms with Crippen molar-refractivity contribution < 1.29 is 17.6 Å². The Balaban J connectivity index is 1.82. The number of aromatic nitrogens is 2. The van der Waals surface area contributed by atoms with E-state index in [2.05, 4.69) is 15.5 Å². The molecule has 1 N–H and O–H groups in total. The molecule has 0 saturated heterocycles. The molecule has 0 spiro atoms. The van der Waals surface area contributed by atoms with Gasteiger partial charge in [-0.3, -0.25) is 14.4 Å². The van der Waals surface area contributed by atoms with Crippen LogP contribution in [-0.2, 0) is 10.0 Å². The number of carbonyl (C=O) groups excluding carboxylic acids is 1. The van der Waals surface area contributed by atoms with Crippen LogP contribution in [0, 0.1) is 12.7 Å². The number of nitrogens with one attached hydrogen (secondary N) is 1. The van der Waals surface area contributed by atoms with Crippen LogP contribution in [0.3, 0.4) is 0 Å². The summed E-state index contributed by atoms with van der Waals surface area (Å²) in [5.74, 6) is -0.998. The molecule has 0 aliphatic heterocycles. The van der Waals surface area contributed by atoms with E-state index >= 15 is 0 Å². The fourth-order valence-corrected chi connectivity index (χ4v) is 4.90. The van der Waals surface area contributed by atoms with Crippen LogP contribution in [0.4, 0.5) is 15.2 Å². The zero-order chi connectivity index (χ0) is 20.3. The predicted molar refractivity (Wildman–Crippen MR) is 106 cm³/mol. The molecule has 0 aliphatic rings. The Kier molecular flexibility index (Phi) is 5.71. The molecule has 0 radical (unpaired) electrons. The third-order valence-corrected chi connectivity index (χ3v) is 6.94. The predicted octanol–water partition coefficient (Wildman–Crippen LogP) is 3.45. The van der Waals surface area contributed by atoms with Gasteiger partial charge in [-0.15, -0.1) is 10.2 Å². The van der Waals surface area contributed by atoms with E-state index < -0.39 is 21.7 Å². The molecule has 7 nitrogen and oxygen atoms in total. The Hall–Kier alpha value is -2.85. The number of benzene rings is 2. The first kappa shape index (κ1) is 19.9. The van der Waals surface area contributed by atoms with Crippen LogP contribution < -0.4 is 9.62 Å². The minimum Gasteiger partial charge on any atom is -0.296 e. The molecule has 2 aromatic carbocycles. The van der Waals surface area contributed by atoms with Crippen LogP contribution in [0.1, 0.15) is 22.8 Å². The number of rotatable bonds is 6. The number of aryl methyl sites for hydroxylation is 1. The van der Waals surface area contributed by atoms with Crippen molar-refractivity contribution in [3.05, 3.63) is 65.5 Å². The maximum Gasteiger partial charge on any atom is 0.293 e. The maximum absolute atomic E-state index is 13.0. The highest BCUT2D eigenvalue weighted by Crippen LogP contribution is 2.27. The molecule has 0 saturated carbocycles. The van der Waals surface area contributed by atoms with Gasteiger partial charge in [0.25, 0.3) is 20.3 Å². The van der Waals surface area contributed by atoms with E-state index in [1.807, 2.05) is 19.1 Å². The fraction of sp³-hybridized carbons (Fsp3) is 0.167. The number of nitrogens with zero attached hydrogens (tertiary/aromatic N) is 3. The largest absolute Gasteiger partial charge is 0.296 e. The zero-order valence-corrected chi connectivity index (χ0v) is 16.7. The molecule has 1 aromatic heterocycles. The smallest absolute Gasteiger partial charge is 0.293 e. The van der Waals surface area contributed by atoms with Crippen molar-refractivity contribution in [2.24, 2.45) is 0 Å². The van der Waals surface area contributed by atoms with Crippen LogP contribution in [-0.4, -0.2) is 31.1 Å². The molecule has 28 heavy (non-hydrogen) atoms. The van der Waals surface area contributed by atoms with Crippen LogP contribution in [0.5, 0.6) is 0 Å². The number of sulfonamides is 1. The molecule has 3 aromatic rings. The third-order valence-electron chi connectivity index (χ3n) is 3.85. The fourth-order valence-electron chi connectivity index (χ4n) is 2.43. The summed E-state index contributed by atoms with van der Waals surface area (Å²) in [6.07, 6.45) is 0. The summed E-state index contributed by atoms with van der Waals surface area (Å²) in [6, 6.07) is 12.0. The van der Waals surface area contributed by atoms with Crippen molar-refractivity contribution in [2.75, 3.05) is 16.2 Å². The number of hydrogen-bond acceptors (Lipinski definition) is 6. The number of carbonyl (C=O) groups is 1. The number of hydrogen-bond donors (Lipinski definition) is 1. The SMILES string of the molecule is CCN(c1ccc(C)cc1)S(=O)(=O)c1nnc(NC(=O)c2ccc(F)cc2)s1. The van der Waals surface area contributed by atoms with E-state index in [-0.39, 0.29) is 21.6 Å². The highest BCUT2D eigenvalue weighted by Gasteiger charge is 2.28. The summed E-state index contributed by atoms with van der Waals surface area (Å²) >= 11 is 0.750. The molecule has 0 fully saturated rings. The van der Waals surface area contributed by atoms with Gasteiger partial charge in [0.2, 0.25) is 5.13 Å². The molecule has 3 rings (SSSR count). The lowest BCUT2D eigenvalue weighted by Crippen LogP contribution is -2.30. The van der Waals surface area contributed by atoms with Crippen molar-refractivity contribution in [1.29, 1.82) is 0 Å². The number of anilines is 2. The summed E-state index contributed by atoms with van der Waals surface area (Å²) < 4.78 is 39.8. The van der Waals surface area contributed by atoms with Gasteiger partial charge < -0.3 is 0 Å². The van der Waals surface area contributed by atoms with Crippen molar-refractivity contribution >= 4 is 38.1 Å². The van der Waals surface area contributed by atoms with Crippen molar-refractivity contribution in [3.63, 3.8) is 0 Å². The first-order valence-electron chi connectivity index (χ1n) is 8.31. The Morgan fingerprint density at radius 1 is 1.11 bits per heavy atom. The lowest BCUT2D eigenvalue weighted by atomic mass is 10.2. The summed E-state index contributed by atoms with van der Waals surface area (Å²) in [5.41, 5.74) is 1.75. The van der Waals surface area contributed by atoms with Gasteiger partial charge in [-0.05, 0) is 50.2 Å². The van der Waals surface area contributed by atoms with Gasteiger partial charge in [0.05, 0.1) is 5.69 Å². The van der Waals surface area contributed by atoms with Crippen molar-refractivity contribution in [2.45, 2.75) is 18.2 Å². The van der Waals surface area contributed by atoms with E-state index in [9.17, 15) is 17.6 Å². The van der Waals surface area contributed by atoms with Crippen LogP contribution in [0.25, 0.3) is 0 Å². The van der Waals surface area contributed by atoms with E-state index in [0.717, 1.165) is 29.0 Å². The van der Waals surface area contributed by atoms with Crippen LogP contribution in [0.2, 0.25) is 0 Å². The second-order valence-corrected chi connectivity index (χ2v) is 8.85. The first-order chi connectivity index (χ1) is 13.3. The highest BCUT2D eigenvalue weighted by molar-refractivity contribution is 7.94. The molecule has 0 atom stereocenters. The van der Waals surface area contributed by atoms with Gasteiger partial charge in [0, 0.05) is 12.1 Å². The third kappa shape index (κ3) is 4.18. The normalized spacial score (nSPS) is 11.2.